The van der Waals surface area contributed by atoms with Crippen molar-refractivity contribution in [2.24, 2.45) is 0 Å². The second-order valence-electron chi connectivity index (χ2n) is 7.09. The van der Waals surface area contributed by atoms with Crippen molar-refractivity contribution >= 4 is 23.4 Å². The molecule has 1 unspecified atom stereocenters. The Kier molecular flexibility index (Phi) is 5.41. The number of carbonyl (C=O) groups is 2. The minimum absolute atomic E-state index is 0.122. The van der Waals surface area contributed by atoms with Gasteiger partial charge in [-0.25, -0.2) is 0 Å². The van der Waals surface area contributed by atoms with Gasteiger partial charge in [-0.2, -0.15) is 0 Å². The van der Waals surface area contributed by atoms with E-state index in [-0.39, 0.29) is 18.4 Å². The van der Waals surface area contributed by atoms with E-state index in [9.17, 15) is 9.59 Å². The average Bonchev–Trinajstić information content (AvgIpc) is 3.27. The monoisotopic (exact) mass is 408 g/mol. The van der Waals surface area contributed by atoms with Gasteiger partial charge in [0, 0.05) is 17.1 Å². The molecule has 2 amide bonds. The van der Waals surface area contributed by atoms with Crippen LogP contribution in [0.5, 0.6) is 0 Å². The van der Waals surface area contributed by atoms with Crippen LogP contribution in [0.4, 0.5) is 0 Å². The molecule has 5 nitrogen and oxygen atoms in total. The zero-order valence-electron chi connectivity index (χ0n) is 16.0. The van der Waals surface area contributed by atoms with Crippen molar-refractivity contribution in [2.75, 3.05) is 6.54 Å². The molecule has 0 radical (unpaired) electrons. The molecule has 4 rings (SSSR count). The third-order valence-electron chi connectivity index (χ3n) is 5.09. The SMILES string of the molecule is Cc1ccc(CNC(=O)C2c3ccccc3C(=O)N2CCc2ccc(Cl)cc2)o1. The number of rotatable bonds is 6. The van der Waals surface area contributed by atoms with Crippen molar-refractivity contribution in [1.82, 2.24) is 10.2 Å². The molecule has 1 N–H and O–H groups in total. The molecule has 1 aliphatic rings. The van der Waals surface area contributed by atoms with Gasteiger partial charge in [-0.1, -0.05) is 41.9 Å². The number of furan rings is 1. The van der Waals surface area contributed by atoms with Gasteiger partial charge in [0.1, 0.15) is 17.6 Å². The molecular formula is C23H21ClN2O3. The van der Waals surface area contributed by atoms with Gasteiger partial charge in [0.25, 0.3) is 5.91 Å². The summed E-state index contributed by atoms with van der Waals surface area (Å²) < 4.78 is 5.52. The van der Waals surface area contributed by atoms with E-state index in [1.54, 1.807) is 11.0 Å². The molecule has 0 fully saturated rings. The van der Waals surface area contributed by atoms with Gasteiger partial charge in [0.2, 0.25) is 5.91 Å². The van der Waals surface area contributed by atoms with Crippen LogP contribution in [0.25, 0.3) is 0 Å². The fourth-order valence-electron chi connectivity index (χ4n) is 3.64. The first-order valence-corrected chi connectivity index (χ1v) is 9.88. The lowest BCUT2D eigenvalue weighted by molar-refractivity contribution is -0.125. The fraction of sp³-hybridized carbons (Fsp3) is 0.217. The lowest BCUT2D eigenvalue weighted by Crippen LogP contribution is -2.39. The Morgan fingerprint density at radius 3 is 2.59 bits per heavy atom. The predicted molar refractivity (Wildman–Crippen MR) is 111 cm³/mol. The number of nitrogens with one attached hydrogen (secondary N) is 1. The highest BCUT2D eigenvalue weighted by molar-refractivity contribution is 6.30. The van der Waals surface area contributed by atoms with Crippen molar-refractivity contribution in [3.63, 3.8) is 0 Å². The van der Waals surface area contributed by atoms with Crippen LogP contribution < -0.4 is 5.32 Å². The molecule has 1 aliphatic heterocycles. The normalized spacial score (nSPS) is 15.4. The topological polar surface area (TPSA) is 62.6 Å². The van der Waals surface area contributed by atoms with Crippen LogP contribution in [0.3, 0.4) is 0 Å². The van der Waals surface area contributed by atoms with Crippen LogP contribution in [0.2, 0.25) is 5.02 Å². The van der Waals surface area contributed by atoms with E-state index in [0.717, 1.165) is 16.9 Å². The Balaban J connectivity index is 1.52. The summed E-state index contributed by atoms with van der Waals surface area (Å²) >= 11 is 5.95. The largest absolute Gasteiger partial charge is 0.465 e. The molecule has 1 atom stereocenters. The Morgan fingerprint density at radius 2 is 1.86 bits per heavy atom. The lowest BCUT2D eigenvalue weighted by atomic mass is 10.0. The maximum atomic E-state index is 13.0. The number of aryl methyl sites for hydroxylation is 1. The van der Waals surface area contributed by atoms with Crippen molar-refractivity contribution in [3.05, 3.63) is 93.9 Å². The molecule has 29 heavy (non-hydrogen) atoms. The molecule has 6 heteroatoms. The second-order valence-corrected chi connectivity index (χ2v) is 7.53. The van der Waals surface area contributed by atoms with Crippen molar-refractivity contribution in [1.29, 1.82) is 0 Å². The van der Waals surface area contributed by atoms with E-state index < -0.39 is 6.04 Å². The van der Waals surface area contributed by atoms with Crippen LogP contribution in [-0.2, 0) is 17.8 Å². The number of benzene rings is 2. The molecule has 0 saturated carbocycles. The summed E-state index contributed by atoms with van der Waals surface area (Å²) in [5.41, 5.74) is 2.38. The number of fused-ring (bicyclic) bond motifs is 1. The van der Waals surface area contributed by atoms with E-state index in [4.69, 9.17) is 16.0 Å². The van der Waals surface area contributed by atoms with Gasteiger partial charge in [0.05, 0.1) is 6.54 Å². The molecule has 148 valence electrons. The van der Waals surface area contributed by atoms with Crippen molar-refractivity contribution < 1.29 is 14.0 Å². The fourth-order valence-corrected chi connectivity index (χ4v) is 3.76. The van der Waals surface area contributed by atoms with Gasteiger partial charge < -0.3 is 14.6 Å². The Hall–Kier alpha value is -3.05. The molecule has 2 heterocycles. The molecule has 0 saturated heterocycles. The summed E-state index contributed by atoms with van der Waals surface area (Å²) in [7, 11) is 0. The van der Waals surface area contributed by atoms with E-state index in [2.05, 4.69) is 5.32 Å². The predicted octanol–water partition coefficient (Wildman–Crippen LogP) is 4.30. The first-order valence-electron chi connectivity index (χ1n) is 9.50. The number of carbonyl (C=O) groups excluding carboxylic acids is 2. The third kappa shape index (κ3) is 4.05. The summed E-state index contributed by atoms with van der Waals surface area (Å²) in [6.45, 7) is 2.58. The third-order valence-corrected chi connectivity index (χ3v) is 5.35. The number of hydrogen-bond acceptors (Lipinski definition) is 3. The van der Waals surface area contributed by atoms with Gasteiger partial charge in [-0.3, -0.25) is 9.59 Å². The van der Waals surface area contributed by atoms with Gasteiger partial charge in [-0.05, 0) is 54.8 Å². The van der Waals surface area contributed by atoms with Gasteiger partial charge >= 0.3 is 0 Å². The summed E-state index contributed by atoms with van der Waals surface area (Å²) in [6.07, 6.45) is 0.637. The molecule has 2 aromatic carbocycles. The van der Waals surface area contributed by atoms with Crippen molar-refractivity contribution in [2.45, 2.75) is 25.9 Å². The Morgan fingerprint density at radius 1 is 1.10 bits per heavy atom. The maximum absolute atomic E-state index is 13.0. The minimum Gasteiger partial charge on any atom is -0.465 e. The molecule has 3 aromatic rings. The standard InChI is InChI=1S/C23H21ClN2O3/c1-15-6-11-18(29-15)14-25-22(27)21-19-4-2-3-5-20(19)23(28)26(21)13-12-16-7-9-17(24)10-8-16/h2-11,21H,12-14H2,1H3,(H,25,27). The van der Waals surface area contributed by atoms with Crippen molar-refractivity contribution in [3.8, 4) is 0 Å². The number of amides is 2. The van der Waals surface area contributed by atoms with Crippen LogP contribution >= 0.6 is 11.6 Å². The summed E-state index contributed by atoms with van der Waals surface area (Å²) in [6, 6.07) is 17.9. The Bertz CT molecular complexity index is 1040. The number of hydrogen-bond donors (Lipinski definition) is 1. The van der Waals surface area contributed by atoms with Crippen LogP contribution in [0.1, 0.15) is 39.0 Å². The lowest BCUT2D eigenvalue weighted by Gasteiger charge is -2.24. The van der Waals surface area contributed by atoms with E-state index >= 15 is 0 Å². The zero-order valence-corrected chi connectivity index (χ0v) is 16.8. The maximum Gasteiger partial charge on any atom is 0.255 e. The van der Waals surface area contributed by atoms with E-state index in [1.807, 2.05) is 61.5 Å². The molecule has 0 aliphatic carbocycles. The quantitative estimate of drug-likeness (QED) is 0.661. The van der Waals surface area contributed by atoms with E-state index in [0.29, 0.717) is 29.3 Å². The molecule has 0 bridgehead atoms. The summed E-state index contributed by atoms with van der Waals surface area (Å²) in [5, 5.41) is 3.58. The van der Waals surface area contributed by atoms with Gasteiger partial charge in [-0.15, -0.1) is 0 Å². The van der Waals surface area contributed by atoms with Crippen LogP contribution in [0.15, 0.2) is 65.1 Å². The first-order chi connectivity index (χ1) is 14.0. The van der Waals surface area contributed by atoms with Crippen LogP contribution in [-0.4, -0.2) is 23.3 Å². The smallest absolute Gasteiger partial charge is 0.255 e. The summed E-state index contributed by atoms with van der Waals surface area (Å²) in [5.74, 6) is 1.14. The highest BCUT2D eigenvalue weighted by atomic mass is 35.5. The van der Waals surface area contributed by atoms with Crippen LogP contribution in [0, 0.1) is 6.92 Å². The molecule has 1 aromatic heterocycles. The number of nitrogens with zero attached hydrogens (tertiary/aromatic N) is 1. The minimum atomic E-state index is -0.651. The highest BCUT2D eigenvalue weighted by Crippen LogP contribution is 2.34. The second kappa shape index (κ2) is 8.13. The molecule has 0 spiro atoms. The zero-order chi connectivity index (χ0) is 20.4. The first kappa shape index (κ1) is 19.3. The number of halogens is 1. The summed E-state index contributed by atoms with van der Waals surface area (Å²) in [4.78, 5) is 27.6. The molecular weight excluding hydrogens is 388 g/mol. The van der Waals surface area contributed by atoms with E-state index in [1.165, 1.54) is 0 Å². The highest BCUT2D eigenvalue weighted by Gasteiger charge is 2.40. The Labute approximate surface area is 174 Å². The van der Waals surface area contributed by atoms with Gasteiger partial charge in [0.15, 0.2) is 0 Å². The average molecular weight is 409 g/mol.